The van der Waals surface area contributed by atoms with E-state index in [1.807, 2.05) is 19.1 Å². The molecule has 8 heteroatoms. The average molecular weight is 370 g/mol. The van der Waals surface area contributed by atoms with Crippen LogP contribution in [-0.2, 0) is 6.54 Å². The molecule has 0 spiro atoms. The normalized spacial score (nSPS) is 10.4. The van der Waals surface area contributed by atoms with Gasteiger partial charge in [0.1, 0.15) is 10.8 Å². The summed E-state index contributed by atoms with van der Waals surface area (Å²) in [6.45, 7) is 2.09. The zero-order chi connectivity index (χ0) is 18.5. The molecule has 1 aromatic heterocycles. The number of aryl methyl sites for hydroxylation is 1. The number of aromatic nitrogens is 2. The Kier molecular flexibility index (Phi) is 5.33. The van der Waals surface area contributed by atoms with Crippen molar-refractivity contribution in [3.05, 3.63) is 75.5 Å². The third-order valence-corrected chi connectivity index (χ3v) is 4.37. The van der Waals surface area contributed by atoms with Gasteiger partial charge in [0.15, 0.2) is 0 Å². The molecule has 132 valence electrons. The second-order valence-electron chi connectivity index (χ2n) is 5.51. The number of nitrogens with one attached hydrogen (secondary N) is 2. The molecule has 0 aliphatic rings. The average Bonchev–Trinajstić information content (AvgIpc) is 3.11. The molecule has 0 saturated carbocycles. The smallest absolute Gasteiger partial charge is 0.286 e. The van der Waals surface area contributed by atoms with Crippen LogP contribution in [0.15, 0.2) is 48.5 Å². The van der Waals surface area contributed by atoms with Crippen molar-refractivity contribution in [2.45, 2.75) is 13.5 Å². The SMILES string of the molecule is Cc1cccc(C(=O)NCc2nnc(C(=O)Nc3ccc(F)cc3)s2)c1. The quantitative estimate of drug-likeness (QED) is 0.723. The molecule has 3 aromatic rings. The van der Waals surface area contributed by atoms with Crippen LogP contribution in [-0.4, -0.2) is 22.0 Å². The lowest BCUT2D eigenvalue weighted by Crippen LogP contribution is -2.22. The molecule has 26 heavy (non-hydrogen) atoms. The van der Waals surface area contributed by atoms with Crippen molar-refractivity contribution in [2.75, 3.05) is 5.32 Å². The molecule has 3 rings (SSSR count). The fourth-order valence-corrected chi connectivity index (χ4v) is 2.85. The molecule has 0 aliphatic heterocycles. The maximum Gasteiger partial charge on any atom is 0.286 e. The number of amides is 2. The van der Waals surface area contributed by atoms with Gasteiger partial charge in [-0.1, -0.05) is 29.0 Å². The molecular formula is C18H15FN4O2S. The molecule has 0 fully saturated rings. The lowest BCUT2D eigenvalue weighted by molar-refractivity contribution is 0.0949. The highest BCUT2D eigenvalue weighted by Gasteiger charge is 2.14. The standard InChI is InChI=1S/C18H15FN4O2S/c1-11-3-2-4-12(9-11)16(24)20-10-15-22-23-18(26-15)17(25)21-14-7-5-13(19)6-8-14/h2-9H,10H2,1H3,(H,20,24)(H,21,25). The highest BCUT2D eigenvalue weighted by atomic mass is 32.1. The number of benzene rings is 2. The van der Waals surface area contributed by atoms with Crippen LogP contribution in [0.2, 0.25) is 0 Å². The van der Waals surface area contributed by atoms with Crippen molar-refractivity contribution in [3.8, 4) is 0 Å². The van der Waals surface area contributed by atoms with Crippen molar-refractivity contribution in [3.63, 3.8) is 0 Å². The minimum atomic E-state index is -0.439. The molecule has 0 aliphatic carbocycles. The predicted molar refractivity (Wildman–Crippen MR) is 96.6 cm³/mol. The number of nitrogens with zero attached hydrogens (tertiary/aromatic N) is 2. The highest BCUT2D eigenvalue weighted by Crippen LogP contribution is 2.14. The minimum absolute atomic E-state index is 0.161. The number of anilines is 1. The number of hydrogen-bond acceptors (Lipinski definition) is 5. The number of hydrogen-bond donors (Lipinski definition) is 2. The van der Waals surface area contributed by atoms with Gasteiger partial charge in [-0.25, -0.2) is 4.39 Å². The van der Waals surface area contributed by atoms with Crippen LogP contribution in [0.4, 0.5) is 10.1 Å². The highest BCUT2D eigenvalue weighted by molar-refractivity contribution is 7.13. The Labute approximate surface area is 153 Å². The van der Waals surface area contributed by atoms with E-state index in [4.69, 9.17) is 0 Å². The van der Waals surface area contributed by atoms with E-state index in [1.165, 1.54) is 24.3 Å². The largest absolute Gasteiger partial charge is 0.345 e. The Morgan fingerprint density at radius 1 is 1.08 bits per heavy atom. The number of rotatable bonds is 5. The van der Waals surface area contributed by atoms with Crippen LogP contribution in [0.1, 0.15) is 30.7 Å². The maximum absolute atomic E-state index is 12.9. The van der Waals surface area contributed by atoms with Crippen LogP contribution in [0, 0.1) is 12.7 Å². The van der Waals surface area contributed by atoms with Crippen LogP contribution in [0.5, 0.6) is 0 Å². The molecule has 2 N–H and O–H groups in total. The van der Waals surface area contributed by atoms with E-state index >= 15 is 0 Å². The summed E-state index contributed by atoms with van der Waals surface area (Å²) >= 11 is 1.08. The first-order chi connectivity index (χ1) is 12.5. The summed E-state index contributed by atoms with van der Waals surface area (Å²) in [5.74, 6) is -1.04. The molecule has 1 heterocycles. The summed E-state index contributed by atoms with van der Waals surface area (Å²) in [6.07, 6.45) is 0. The van der Waals surface area contributed by atoms with Gasteiger partial charge in [-0.2, -0.15) is 0 Å². The first-order valence-electron chi connectivity index (χ1n) is 7.75. The zero-order valence-electron chi connectivity index (χ0n) is 13.8. The molecule has 0 unspecified atom stereocenters. The second kappa shape index (κ2) is 7.83. The van der Waals surface area contributed by atoms with E-state index in [0.29, 0.717) is 16.3 Å². The van der Waals surface area contributed by atoms with E-state index in [-0.39, 0.29) is 23.3 Å². The Bertz CT molecular complexity index is 940. The summed E-state index contributed by atoms with van der Waals surface area (Å²) in [6, 6.07) is 12.7. The molecular weight excluding hydrogens is 355 g/mol. The Hall–Kier alpha value is -3.13. The topological polar surface area (TPSA) is 84.0 Å². The lowest BCUT2D eigenvalue weighted by atomic mass is 10.1. The van der Waals surface area contributed by atoms with Gasteiger partial charge in [0.25, 0.3) is 11.8 Å². The van der Waals surface area contributed by atoms with Crippen LogP contribution in [0.25, 0.3) is 0 Å². The van der Waals surface area contributed by atoms with Crippen molar-refractivity contribution in [1.82, 2.24) is 15.5 Å². The monoisotopic (exact) mass is 370 g/mol. The summed E-state index contributed by atoms with van der Waals surface area (Å²) in [7, 11) is 0. The van der Waals surface area contributed by atoms with E-state index in [9.17, 15) is 14.0 Å². The summed E-state index contributed by atoms with van der Waals surface area (Å²) in [4.78, 5) is 24.2. The van der Waals surface area contributed by atoms with Gasteiger partial charge in [-0.3, -0.25) is 9.59 Å². The molecule has 2 aromatic carbocycles. The molecule has 0 atom stereocenters. The summed E-state index contributed by atoms with van der Waals surface area (Å²) < 4.78 is 12.9. The molecule has 0 bridgehead atoms. The summed E-state index contributed by atoms with van der Waals surface area (Å²) in [5, 5.41) is 13.8. The van der Waals surface area contributed by atoms with Crippen LogP contribution >= 0.6 is 11.3 Å². The molecule has 0 saturated heterocycles. The second-order valence-corrected chi connectivity index (χ2v) is 6.58. The Morgan fingerprint density at radius 2 is 1.85 bits per heavy atom. The fraction of sp³-hybridized carbons (Fsp3) is 0.111. The van der Waals surface area contributed by atoms with Gasteiger partial charge in [-0.15, -0.1) is 10.2 Å². The van der Waals surface area contributed by atoms with Crippen molar-refractivity contribution < 1.29 is 14.0 Å². The van der Waals surface area contributed by atoms with E-state index < -0.39 is 5.91 Å². The van der Waals surface area contributed by atoms with Gasteiger partial charge in [0.2, 0.25) is 5.01 Å². The fourth-order valence-electron chi connectivity index (χ4n) is 2.18. The Morgan fingerprint density at radius 3 is 2.58 bits per heavy atom. The van der Waals surface area contributed by atoms with E-state index in [1.54, 1.807) is 12.1 Å². The Balaban J connectivity index is 1.58. The van der Waals surface area contributed by atoms with Gasteiger partial charge < -0.3 is 10.6 Å². The number of carbonyl (C=O) groups is 2. The minimum Gasteiger partial charge on any atom is -0.345 e. The predicted octanol–water partition coefficient (Wildman–Crippen LogP) is 3.17. The van der Waals surface area contributed by atoms with Crippen molar-refractivity contribution in [2.24, 2.45) is 0 Å². The first kappa shape index (κ1) is 17.7. The van der Waals surface area contributed by atoms with Crippen LogP contribution < -0.4 is 10.6 Å². The molecule has 2 amide bonds. The van der Waals surface area contributed by atoms with E-state index in [2.05, 4.69) is 20.8 Å². The zero-order valence-corrected chi connectivity index (χ0v) is 14.6. The van der Waals surface area contributed by atoms with E-state index in [0.717, 1.165) is 16.9 Å². The third kappa shape index (κ3) is 4.48. The van der Waals surface area contributed by atoms with Crippen molar-refractivity contribution in [1.29, 1.82) is 0 Å². The number of halogens is 1. The maximum atomic E-state index is 12.9. The number of carbonyl (C=O) groups excluding carboxylic acids is 2. The molecule has 6 nitrogen and oxygen atoms in total. The van der Waals surface area contributed by atoms with Crippen LogP contribution in [0.3, 0.4) is 0 Å². The van der Waals surface area contributed by atoms with Gasteiger partial charge in [0, 0.05) is 11.3 Å². The summed E-state index contributed by atoms with van der Waals surface area (Å²) in [5.41, 5.74) is 2.01. The lowest BCUT2D eigenvalue weighted by Gasteiger charge is -2.03. The molecule has 0 radical (unpaired) electrons. The van der Waals surface area contributed by atoms with Gasteiger partial charge in [-0.05, 0) is 43.3 Å². The van der Waals surface area contributed by atoms with Gasteiger partial charge >= 0.3 is 0 Å². The first-order valence-corrected chi connectivity index (χ1v) is 8.57. The van der Waals surface area contributed by atoms with Gasteiger partial charge in [0.05, 0.1) is 6.54 Å². The third-order valence-electron chi connectivity index (χ3n) is 3.44. The van der Waals surface area contributed by atoms with Crippen molar-refractivity contribution >= 4 is 28.8 Å².